The third kappa shape index (κ3) is 3.13. The minimum Gasteiger partial charge on any atom is -0.493 e. The number of benzene rings is 2. The summed E-state index contributed by atoms with van der Waals surface area (Å²) in [5, 5.41) is 4.44. The minimum atomic E-state index is -0.158. The normalized spacial score (nSPS) is 11.0. The van der Waals surface area contributed by atoms with E-state index in [1.54, 1.807) is 20.3 Å². The van der Waals surface area contributed by atoms with Crippen molar-refractivity contribution in [3.8, 4) is 22.6 Å². The number of fused-ring (bicyclic) bond motifs is 1. The van der Waals surface area contributed by atoms with Crippen molar-refractivity contribution < 1.29 is 9.47 Å². The second-order valence-corrected chi connectivity index (χ2v) is 6.59. The molecule has 2 heterocycles. The number of hydrogen-bond acceptors (Lipinski definition) is 4. The lowest BCUT2D eigenvalue weighted by Gasteiger charge is -2.10. The molecule has 2 aromatic carbocycles. The van der Waals surface area contributed by atoms with E-state index in [4.69, 9.17) is 9.47 Å². The summed E-state index contributed by atoms with van der Waals surface area (Å²) < 4.78 is 12.2. The van der Waals surface area contributed by atoms with Gasteiger partial charge in [0.1, 0.15) is 5.65 Å². The monoisotopic (exact) mass is 375 g/mol. The lowest BCUT2D eigenvalue weighted by Crippen LogP contribution is -2.15. The Morgan fingerprint density at radius 2 is 1.75 bits per heavy atom. The first-order valence-electron chi connectivity index (χ1n) is 8.98. The Morgan fingerprint density at radius 1 is 1.00 bits per heavy atom. The summed E-state index contributed by atoms with van der Waals surface area (Å²) in [6, 6.07) is 17.3. The third-order valence-corrected chi connectivity index (χ3v) is 4.76. The van der Waals surface area contributed by atoms with Gasteiger partial charge < -0.3 is 14.5 Å². The molecule has 0 aliphatic carbocycles. The van der Waals surface area contributed by atoms with Gasteiger partial charge in [0, 0.05) is 23.7 Å². The van der Waals surface area contributed by atoms with Crippen LogP contribution in [0.25, 0.3) is 16.8 Å². The zero-order valence-electron chi connectivity index (χ0n) is 16.0. The van der Waals surface area contributed by atoms with Crippen LogP contribution >= 0.6 is 0 Å². The van der Waals surface area contributed by atoms with Crippen molar-refractivity contribution >= 4 is 5.65 Å². The second-order valence-electron chi connectivity index (χ2n) is 6.59. The minimum absolute atomic E-state index is 0.158. The number of hydrogen-bond donors (Lipinski definition) is 1. The molecule has 0 aliphatic heterocycles. The van der Waals surface area contributed by atoms with Crippen molar-refractivity contribution in [2.75, 3.05) is 14.2 Å². The molecule has 0 unspecified atom stereocenters. The Kier molecular flexibility index (Phi) is 4.61. The molecule has 0 aliphatic rings. The van der Waals surface area contributed by atoms with Crippen LogP contribution in [0.15, 0.2) is 59.4 Å². The van der Waals surface area contributed by atoms with Gasteiger partial charge in [0.25, 0.3) is 5.56 Å². The van der Waals surface area contributed by atoms with Crippen LogP contribution in [0.1, 0.15) is 17.0 Å². The number of aromatic amines is 1. The third-order valence-electron chi connectivity index (χ3n) is 4.76. The Labute approximate surface area is 162 Å². The Bertz CT molecular complexity index is 1190. The fourth-order valence-electron chi connectivity index (χ4n) is 3.45. The van der Waals surface area contributed by atoms with Crippen molar-refractivity contribution in [1.82, 2.24) is 14.6 Å². The van der Waals surface area contributed by atoms with Crippen LogP contribution in [0.2, 0.25) is 0 Å². The molecular weight excluding hydrogens is 354 g/mol. The summed E-state index contributed by atoms with van der Waals surface area (Å²) in [7, 11) is 3.20. The van der Waals surface area contributed by atoms with Crippen LogP contribution in [0, 0.1) is 6.92 Å². The van der Waals surface area contributed by atoms with E-state index in [2.05, 4.69) is 10.1 Å². The van der Waals surface area contributed by atoms with Crippen molar-refractivity contribution in [2.24, 2.45) is 0 Å². The van der Waals surface area contributed by atoms with Crippen LogP contribution < -0.4 is 15.0 Å². The van der Waals surface area contributed by atoms with Gasteiger partial charge in [-0.05, 0) is 30.2 Å². The molecule has 142 valence electrons. The SMILES string of the molecule is COc1ccc(-c2c(C)nn3c(=O)cc(Cc4ccccc4)[nH]c23)cc1OC. The van der Waals surface area contributed by atoms with E-state index < -0.39 is 0 Å². The predicted molar refractivity (Wildman–Crippen MR) is 108 cm³/mol. The Hall–Kier alpha value is -3.54. The lowest BCUT2D eigenvalue weighted by atomic mass is 10.1. The molecule has 6 heteroatoms. The van der Waals surface area contributed by atoms with Crippen molar-refractivity contribution in [1.29, 1.82) is 0 Å². The number of aromatic nitrogens is 3. The van der Waals surface area contributed by atoms with E-state index in [0.29, 0.717) is 23.6 Å². The summed E-state index contributed by atoms with van der Waals surface area (Å²) in [6.45, 7) is 1.89. The van der Waals surface area contributed by atoms with Crippen molar-refractivity contribution in [2.45, 2.75) is 13.3 Å². The fraction of sp³-hybridized carbons (Fsp3) is 0.182. The highest BCUT2D eigenvalue weighted by Gasteiger charge is 2.17. The number of nitrogens with zero attached hydrogens (tertiary/aromatic N) is 2. The Balaban J connectivity index is 1.87. The average molecular weight is 375 g/mol. The number of methoxy groups -OCH3 is 2. The van der Waals surface area contributed by atoms with Crippen LogP contribution in [0.4, 0.5) is 0 Å². The molecule has 0 saturated carbocycles. The maximum atomic E-state index is 12.6. The van der Waals surface area contributed by atoms with Gasteiger partial charge in [-0.15, -0.1) is 0 Å². The molecule has 0 bridgehead atoms. The van der Waals surface area contributed by atoms with Gasteiger partial charge >= 0.3 is 0 Å². The van der Waals surface area contributed by atoms with Crippen LogP contribution in [-0.2, 0) is 6.42 Å². The maximum absolute atomic E-state index is 12.6. The number of aryl methyl sites for hydroxylation is 1. The number of ether oxygens (including phenoxy) is 2. The molecule has 4 rings (SSSR count). The van der Waals surface area contributed by atoms with E-state index >= 15 is 0 Å². The summed E-state index contributed by atoms with van der Waals surface area (Å²) in [4.78, 5) is 16.0. The van der Waals surface area contributed by atoms with E-state index in [0.717, 1.165) is 28.1 Å². The molecule has 6 nitrogen and oxygen atoms in total. The lowest BCUT2D eigenvalue weighted by molar-refractivity contribution is 0.355. The van der Waals surface area contributed by atoms with Crippen molar-refractivity contribution in [3.05, 3.63) is 81.9 Å². The average Bonchev–Trinajstić information content (AvgIpc) is 3.04. The topological polar surface area (TPSA) is 68.6 Å². The maximum Gasteiger partial charge on any atom is 0.274 e. The molecule has 0 atom stereocenters. The fourth-order valence-corrected chi connectivity index (χ4v) is 3.45. The zero-order valence-corrected chi connectivity index (χ0v) is 16.0. The second kappa shape index (κ2) is 7.23. The quantitative estimate of drug-likeness (QED) is 0.579. The van der Waals surface area contributed by atoms with Gasteiger partial charge in [0.05, 0.1) is 19.9 Å². The standard InChI is InChI=1S/C22H21N3O3/c1-14-21(16-9-10-18(27-2)19(12-16)28-3)22-23-17(13-20(26)25(22)24-14)11-15-7-5-4-6-8-15/h4-10,12-13,23H,11H2,1-3H3. The molecular formula is C22H21N3O3. The number of nitrogens with one attached hydrogen (secondary N) is 1. The van der Waals surface area contributed by atoms with E-state index in [1.807, 2.05) is 55.5 Å². The molecule has 0 radical (unpaired) electrons. The van der Waals surface area contributed by atoms with Gasteiger partial charge in [-0.25, -0.2) is 0 Å². The van der Waals surface area contributed by atoms with E-state index in [9.17, 15) is 4.79 Å². The first-order valence-corrected chi connectivity index (χ1v) is 8.98. The molecule has 4 aromatic rings. The first kappa shape index (κ1) is 17.9. The van der Waals surface area contributed by atoms with Gasteiger partial charge in [0.15, 0.2) is 11.5 Å². The van der Waals surface area contributed by atoms with Gasteiger partial charge in [0.2, 0.25) is 0 Å². The highest BCUT2D eigenvalue weighted by molar-refractivity contribution is 5.81. The molecule has 1 N–H and O–H groups in total. The number of rotatable bonds is 5. The smallest absolute Gasteiger partial charge is 0.274 e. The van der Waals surface area contributed by atoms with Gasteiger partial charge in [-0.1, -0.05) is 36.4 Å². The van der Waals surface area contributed by atoms with Crippen LogP contribution in [-0.4, -0.2) is 28.8 Å². The molecule has 2 aromatic heterocycles. The van der Waals surface area contributed by atoms with Gasteiger partial charge in [-0.2, -0.15) is 9.61 Å². The summed E-state index contributed by atoms with van der Waals surface area (Å²) in [5.74, 6) is 1.28. The Morgan fingerprint density at radius 3 is 2.46 bits per heavy atom. The first-order chi connectivity index (χ1) is 13.6. The molecule has 0 fully saturated rings. The van der Waals surface area contributed by atoms with Crippen LogP contribution in [0.3, 0.4) is 0 Å². The number of H-pyrrole nitrogens is 1. The molecule has 0 saturated heterocycles. The summed E-state index contributed by atoms with van der Waals surface area (Å²) in [5.41, 5.74) is 5.01. The molecule has 28 heavy (non-hydrogen) atoms. The summed E-state index contributed by atoms with van der Waals surface area (Å²) in [6.07, 6.45) is 0.641. The van der Waals surface area contributed by atoms with Crippen molar-refractivity contribution in [3.63, 3.8) is 0 Å². The van der Waals surface area contributed by atoms with Gasteiger partial charge in [-0.3, -0.25) is 4.79 Å². The zero-order chi connectivity index (χ0) is 19.7. The molecule has 0 amide bonds. The largest absolute Gasteiger partial charge is 0.493 e. The predicted octanol–water partition coefficient (Wildman–Crippen LogP) is 3.61. The van der Waals surface area contributed by atoms with Crippen LogP contribution in [0.5, 0.6) is 11.5 Å². The van der Waals surface area contributed by atoms with E-state index in [1.165, 1.54) is 4.52 Å². The summed E-state index contributed by atoms with van der Waals surface area (Å²) >= 11 is 0. The highest BCUT2D eigenvalue weighted by Crippen LogP contribution is 2.34. The van der Waals surface area contributed by atoms with E-state index in [-0.39, 0.29) is 5.56 Å². The molecule has 0 spiro atoms. The highest BCUT2D eigenvalue weighted by atomic mass is 16.5.